The van der Waals surface area contributed by atoms with Crippen LogP contribution in [0.3, 0.4) is 0 Å². The molecule has 0 aliphatic carbocycles. The van der Waals surface area contributed by atoms with Crippen molar-refractivity contribution >= 4 is 33.4 Å². The lowest BCUT2D eigenvalue weighted by atomic mass is 10.2. The molecule has 0 saturated heterocycles. The van der Waals surface area contributed by atoms with Gasteiger partial charge in [-0.2, -0.15) is 0 Å². The fraction of sp³-hybridized carbons (Fsp3) is 0.125. The average Bonchev–Trinajstić information content (AvgIpc) is 2.78. The topological polar surface area (TPSA) is 93.7 Å². The molecule has 7 nitrogen and oxygen atoms in total. The second-order valence-corrected chi connectivity index (χ2v) is 8.61. The fourth-order valence-electron chi connectivity index (χ4n) is 2.89. The molecular weight excluding hydrogens is 428 g/mol. The van der Waals surface area contributed by atoms with E-state index in [2.05, 4.69) is 10.0 Å². The molecule has 0 aliphatic heterocycles. The van der Waals surface area contributed by atoms with Crippen molar-refractivity contribution < 1.29 is 22.7 Å². The van der Waals surface area contributed by atoms with Crippen molar-refractivity contribution in [3.05, 3.63) is 83.9 Å². The van der Waals surface area contributed by atoms with Gasteiger partial charge in [-0.1, -0.05) is 18.2 Å². The van der Waals surface area contributed by atoms with Gasteiger partial charge in [0.1, 0.15) is 11.5 Å². The largest absolute Gasteiger partial charge is 0.497 e. The van der Waals surface area contributed by atoms with E-state index in [9.17, 15) is 13.2 Å². The Hall–Kier alpha value is -3.78. The number of methoxy groups -OCH3 is 2. The number of hydrogen-bond acceptors (Lipinski definition) is 5. The van der Waals surface area contributed by atoms with Gasteiger partial charge < -0.3 is 14.8 Å². The molecule has 166 valence electrons. The highest BCUT2D eigenvalue weighted by Gasteiger charge is 2.17. The lowest BCUT2D eigenvalue weighted by Gasteiger charge is -2.13. The zero-order valence-electron chi connectivity index (χ0n) is 18.0. The monoisotopic (exact) mass is 452 g/mol. The van der Waals surface area contributed by atoms with Crippen molar-refractivity contribution in [2.45, 2.75) is 11.8 Å². The molecule has 3 aromatic rings. The maximum atomic E-state index is 12.7. The first-order valence-corrected chi connectivity index (χ1v) is 11.2. The van der Waals surface area contributed by atoms with Crippen LogP contribution in [0, 0.1) is 6.92 Å². The number of ether oxygens (including phenoxy) is 2. The van der Waals surface area contributed by atoms with Crippen LogP contribution in [0.4, 0.5) is 11.4 Å². The van der Waals surface area contributed by atoms with Gasteiger partial charge in [0.2, 0.25) is 5.91 Å². The highest BCUT2D eigenvalue weighted by atomic mass is 32.2. The van der Waals surface area contributed by atoms with Crippen LogP contribution in [0.5, 0.6) is 11.5 Å². The first-order valence-electron chi connectivity index (χ1n) is 9.71. The summed E-state index contributed by atoms with van der Waals surface area (Å²) in [7, 11) is -0.764. The fourth-order valence-corrected chi connectivity index (χ4v) is 3.95. The van der Waals surface area contributed by atoms with Gasteiger partial charge in [0, 0.05) is 11.8 Å². The van der Waals surface area contributed by atoms with E-state index in [1.807, 2.05) is 25.1 Å². The molecule has 0 aromatic heterocycles. The predicted molar refractivity (Wildman–Crippen MR) is 126 cm³/mol. The van der Waals surface area contributed by atoms with Gasteiger partial charge in [-0.3, -0.25) is 9.52 Å². The molecule has 0 atom stereocenters. The summed E-state index contributed by atoms with van der Waals surface area (Å²) in [4.78, 5) is 12.2. The Morgan fingerprint density at radius 3 is 2.22 bits per heavy atom. The Morgan fingerprint density at radius 1 is 0.906 bits per heavy atom. The number of carbonyl (C=O) groups excluding carboxylic acids is 1. The van der Waals surface area contributed by atoms with Crippen molar-refractivity contribution in [3.8, 4) is 11.5 Å². The summed E-state index contributed by atoms with van der Waals surface area (Å²) in [5.74, 6) is 0.822. The summed E-state index contributed by atoms with van der Waals surface area (Å²) in [6, 6.07) is 18.4. The molecule has 0 spiro atoms. The van der Waals surface area contributed by atoms with Crippen molar-refractivity contribution in [2.75, 3.05) is 24.3 Å². The number of benzene rings is 3. The minimum absolute atomic E-state index is 0.0628. The third kappa shape index (κ3) is 5.89. The molecule has 0 radical (unpaired) electrons. The number of sulfonamides is 1. The van der Waals surface area contributed by atoms with Gasteiger partial charge in [0.25, 0.3) is 10.0 Å². The number of carbonyl (C=O) groups is 1. The van der Waals surface area contributed by atoms with E-state index >= 15 is 0 Å². The van der Waals surface area contributed by atoms with Gasteiger partial charge in [-0.05, 0) is 72.7 Å². The third-order valence-electron chi connectivity index (χ3n) is 4.57. The highest BCUT2D eigenvalue weighted by molar-refractivity contribution is 7.92. The van der Waals surface area contributed by atoms with Crippen molar-refractivity contribution in [1.29, 1.82) is 0 Å². The quantitative estimate of drug-likeness (QED) is 0.492. The van der Waals surface area contributed by atoms with Crippen molar-refractivity contribution in [1.82, 2.24) is 0 Å². The van der Waals surface area contributed by atoms with E-state index in [1.165, 1.54) is 37.5 Å². The Labute approximate surface area is 187 Å². The molecule has 0 heterocycles. The van der Waals surface area contributed by atoms with Crippen LogP contribution < -0.4 is 19.5 Å². The maximum absolute atomic E-state index is 12.7. The Kier molecular flexibility index (Phi) is 7.17. The number of hydrogen-bond donors (Lipinski definition) is 2. The number of nitrogens with one attached hydrogen (secondary N) is 2. The highest BCUT2D eigenvalue weighted by Crippen LogP contribution is 2.28. The lowest BCUT2D eigenvalue weighted by Crippen LogP contribution is -2.14. The van der Waals surface area contributed by atoms with E-state index in [1.54, 1.807) is 37.5 Å². The van der Waals surface area contributed by atoms with Gasteiger partial charge in [0.15, 0.2) is 0 Å². The summed E-state index contributed by atoms with van der Waals surface area (Å²) in [5.41, 5.74) is 2.57. The normalized spacial score (nSPS) is 11.2. The van der Waals surface area contributed by atoms with Crippen LogP contribution in [0.25, 0.3) is 6.08 Å². The molecule has 1 amide bonds. The number of anilines is 2. The Bertz CT molecular complexity index is 1220. The first-order chi connectivity index (χ1) is 15.3. The minimum atomic E-state index is -3.83. The first kappa shape index (κ1) is 22.9. The van der Waals surface area contributed by atoms with Crippen LogP contribution in [-0.2, 0) is 14.8 Å². The summed E-state index contributed by atoms with van der Waals surface area (Å²) in [6.07, 6.45) is 3.07. The van der Waals surface area contributed by atoms with E-state index < -0.39 is 10.0 Å². The van der Waals surface area contributed by atoms with Gasteiger partial charge in [-0.25, -0.2) is 8.42 Å². The zero-order valence-corrected chi connectivity index (χ0v) is 18.8. The Balaban J connectivity index is 1.66. The minimum Gasteiger partial charge on any atom is -0.497 e. The van der Waals surface area contributed by atoms with Crippen molar-refractivity contribution in [3.63, 3.8) is 0 Å². The second kappa shape index (κ2) is 10.0. The molecule has 3 rings (SSSR count). The molecule has 32 heavy (non-hydrogen) atoms. The smallest absolute Gasteiger partial charge is 0.262 e. The van der Waals surface area contributed by atoms with Gasteiger partial charge in [0.05, 0.1) is 24.8 Å². The molecule has 3 aromatic carbocycles. The summed E-state index contributed by atoms with van der Waals surface area (Å²) in [5, 5.41) is 2.70. The molecule has 0 saturated carbocycles. The predicted octanol–water partition coefficient (Wildman–Crippen LogP) is 4.46. The average molecular weight is 453 g/mol. The zero-order chi connectivity index (χ0) is 23.1. The van der Waals surface area contributed by atoms with Crippen molar-refractivity contribution in [2.24, 2.45) is 0 Å². The molecule has 0 unspecified atom stereocenters. The van der Waals surface area contributed by atoms with Gasteiger partial charge in [-0.15, -0.1) is 0 Å². The molecule has 0 fully saturated rings. The van der Waals surface area contributed by atoms with Crippen LogP contribution in [0.15, 0.2) is 77.7 Å². The number of amides is 1. The lowest BCUT2D eigenvalue weighted by molar-refractivity contribution is -0.111. The maximum Gasteiger partial charge on any atom is 0.262 e. The van der Waals surface area contributed by atoms with Crippen LogP contribution >= 0.6 is 0 Å². The SMILES string of the molecule is COc1ccc(/C=C/C(=O)Nc2ccc(S(=O)(=O)Nc3cc(C)ccc3OC)cc2)cc1. The number of rotatable bonds is 8. The molecule has 8 heteroatoms. The molecular formula is C24H24N2O5S. The van der Waals surface area contributed by atoms with Gasteiger partial charge >= 0.3 is 0 Å². The summed E-state index contributed by atoms with van der Waals surface area (Å²) < 4.78 is 38.4. The van der Waals surface area contributed by atoms with Crippen LogP contribution in [-0.4, -0.2) is 28.5 Å². The third-order valence-corrected chi connectivity index (χ3v) is 5.96. The van der Waals surface area contributed by atoms with E-state index in [0.717, 1.165) is 16.9 Å². The van der Waals surface area contributed by atoms with Crippen LogP contribution in [0.2, 0.25) is 0 Å². The molecule has 2 N–H and O–H groups in total. The van der Waals surface area contributed by atoms with E-state index in [0.29, 0.717) is 17.1 Å². The summed E-state index contributed by atoms with van der Waals surface area (Å²) >= 11 is 0. The standard InChI is InChI=1S/C24H24N2O5S/c1-17-4-14-23(31-3)22(16-17)26-32(28,29)21-12-8-19(9-13-21)25-24(27)15-7-18-5-10-20(30-2)11-6-18/h4-16,26H,1-3H3,(H,25,27)/b15-7+. The van der Waals surface area contributed by atoms with E-state index in [-0.39, 0.29) is 10.8 Å². The molecule has 0 bridgehead atoms. The summed E-state index contributed by atoms with van der Waals surface area (Å²) in [6.45, 7) is 1.86. The van der Waals surface area contributed by atoms with E-state index in [4.69, 9.17) is 9.47 Å². The van der Waals surface area contributed by atoms with Crippen LogP contribution in [0.1, 0.15) is 11.1 Å². The molecule has 0 aliphatic rings. The number of aryl methyl sites for hydroxylation is 1. The second-order valence-electron chi connectivity index (χ2n) is 6.93. The Morgan fingerprint density at radius 2 is 1.59 bits per heavy atom.